The molecule has 0 N–H and O–H groups in total. The van der Waals surface area contributed by atoms with E-state index < -0.39 is 11.8 Å². The molecular weight excluding hydrogens is 417 g/mol. The van der Waals surface area contributed by atoms with Crippen molar-refractivity contribution in [3.63, 3.8) is 0 Å². The SMILES string of the molecule is [C-]#[N+]C(C(=O)[C@H]1CN(Cc2ncn(C)n2)C(=O)[C@@H]1Cc1ccc(F)cc1)=S1CCCC1. The van der Waals surface area contributed by atoms with Gasteiger partial charge in [-0.15, -0.1) is 0 Å². The monoisotopic (exact) mass is 441 g/mol. The predicted octanol–water partition coefficient (Wildman–Crippen LogP) is 2.45. The second kappa shape index (κ2) is 9.10. The van der Waals surface area contributed by atoms with Crippen LogP contribution in [0.25, 0.3) is 4.85 Å². The number of Topliss-reactive ketones (excluding diaryl/α,β-unsaturated/α-hetero) is 1. The highest BCUT2D eigenvalue weighted by Gasteiger charge is 2.45. The van der Waals surface area contributed by atoms with Crippen molar-refractivity contribution in [1.82, 2.24) is 19.7 Å². The molecule has 31 heavy (non-hydrogen) atoms. The first-order valence-corrected chi connectivity index (χ1v) is 11.9. The molecule has 7 nitrogen and oxygen atoms in total. The van der Waals surface area contributed by atoms with Crippen LogP contribution in [0.3, 0.4) is 0 Å². The lowest BCUT2D eigenvalue weighted by atomic mass is 9.86. The number of likely N-dealkylation sites (tertiary alicyclic amines) is 1. The van der Waals surface area contributed by atoms with Crippen molar-refractivity contribution < 1.29 is 14.0 Å². The minimum Gasteiger partial charge on any atom is -0.334 e. The molecule has 9 heteroatoms. The smallest absolute Gasteiger partial charge is 0.255 e. The minimum atomic E-state index is -0.585. The Labute approximate surface area is 183 Å². The normalized spacial score (nSPS) is 21.5. The summed E-state index contributed by atoms with van der Waals surface area (Å²) in [5.41, 5.74) is 0.794. The van der Waals surface area contributed by atoms with Crippen LogP contribution >= 0.6 is 10.5 Å². The van der Waals surface area contributed by atoms with Gasteiger partial charge in [0.25, 0.3) is 4.99 Å². The van der Waals surface area contributed by atoms with Gasteiger partial charge in [0.2, 0.25) is 5.91 Å². The summed E-state index contributed by atoms with van der Waals surface area (Å²) in [5.74, 6) is 0.428. The third kappa shape index (κ3) is 4.59. The van der Waals surface area contributed by atoms with Crippen LogP contribution in [0, 0.1) is 24.2 Å². The summed E-state index contributed by atoms with van der Waals surface area (Å²) in [6, 6.07) is 6.01. The number of aryl methyl sites for hydroxylation is 1. The standard InChI is InChI=1S/C22H24FN5O2S/c1-24-21(31-9-3-4-10-31)20(29)18-12-28(13-19-25-14-27(2)26-19)22(30)17(18)11-15-5-7-16(23)8-6-15/h5-8,14,17-18H,3-4,9-13H2,2H3/t17-,18+/m1/s1. The largest absolute Gasteiger partial charge is 0.334 e. The third-order valence-corrected chi connectivity index (χ3v) is 8.24. The average Bonchev–Trinajstić information content (AvgIpc) is 3.48. The molecule has 1 aromatic carbocycles. The second-order valence-electron chi connectivity index (χ2n) is 7.99. The van der Waals surface area contributed by atoms with E-state index in [2.05, 4.69) is 14.9 Å². The lowest BCUT2D eigenvalue weighted by Gasteiger charge is -2.16. The molecule has 1 aromatic heterocycles. The number of rotatable bonds is 6. The van der Waals surface area contributed by atoms with E-state index in [9.17, 15) is 14.0 Å². The zero-order valence-electron chi connectivity index (χ0n) is 17.3. The second-order valence-corrected chi connectivity index (χ2v) is 10.2. The number of amides is 1. The molecule has 0 aliphatic carbocycles. The molecule has 1 amide bonds. The Balaban J connectivity index is 1.62. The summed E-state index contributed by atoms with van der Waals surface area (Å²) >= 11 is 0. The van der Waals surface area contributed by atoms with E-state index >= 15 is 0 Å². The fourth-order valence-electron chi connectivity index (χ4n) is 4.27. The molecule has 0 radical (unpaired) electrons. The van der Waals surface area contributed by atoms with E-state index in [1.54, 1.807) is 35.1 Å². The van der Waals surface area contributed by atoms with Gasteiger partial charge >= 0.3 is 0 Å². The molecule has 0 unspecified atom stereocenters. The van der Waals surface area contributed by atoms with Gasteiger partial charge in [-0.2, -0.15) is 15.6 Å². The van der Waals surface area contributed by atoms with Gasteiger partial charge in [0.1, 0.15) is 12.1 Å². The third-order valence-electron chi connectivity index (χ3n) is 5.83. The fourth-order valence-corrected chi connectivity index (χ4v) is 6.53. The Hall–Kier alpha value is -2.86. The molecule has 2 aliphatic heterocycles. The molecule has 0 bridgehead atoms. The van der Waals surface area contributed by atoms with Gasteiger partial charge in [-0.3, -0.25) is 9.48 Å². The maximum Gasteiger partial charge on any atom is 0.255 e. The Morgan fingerprint density at radius 1 is 1.29 bits per heavy atom. The molecule has 2 aliphatic rings. The molecule has 162 valence electrons. The highest BCUT2D eigenvalue weighted by Crippen LogP contribution is 2.34. The lowest BCUT2D eigenvalue weighted by molar-refractivity contribution is -0.132. The zero-order chi connectivity index (χ0) is 22.0. The van der Waals surface area contributed by atoms with Crippen molar-refractivity contribution in [2.24, 2.45) is 18.9 Å². The number of benzene rings is 1. The van der Waals surface area contributed by atoms with Crippen molar-refractivity contribution in [1.29, 1.82) is 0 Å². The van der Waals surface area contributed by atoms with Crippen LogP contribution in [0.4, 0.5) is 4.39 Å². The first-order chi connectivity index (χ1) is 15.0. The van der Waals surface area contributed by atoms with Gasteiger partial charge in [-0.25, -0.2) is 14.2 Å². The van der Waals surface area contributed by atoms with Gasteiger partial charge in [-0.05, 0) is 48.5 Å². The van der Waals surface area contributed by atoms with Gasteiger partial charge in [0.05, 0.1) is 19.0 Å². The van der Waals surface area contributed by atoms with Crippen LogP contribution in [0.1, 0.15) is 24.2 Å². The van der Waals surface area contributed by atoms with Crippen LogP contribution in [-0.2, 0) is 29.6 Å². The lowest BCUT2D eigenvalue weighted by Crippen LogP contribution is -2.30. The number of hydrogen-bond acceptors (Lipinski definition) is 4. The van der Waals surface area contributed by atoms with Crippen molar-refractivity contribution in [2.45, 2.75) is 25.8 Å². The van der Waals surface area contributed by atoms with E-state index in [0.29, 0.717) is 17.2 Å². The summed E-state index contributed by atoms with van der Waals surface area (Å²) in [6.07, 6.45) is 3.98. The average molecular weight is 442 g/mol. The Kier molecular flexibility index (Phi) is 6.28. The number of carbonyl (C=O) groups excluding carboxylic acids is 2. The molecule has 0 saturated carbocycles. The number of hydrogen-bond donors (Lipinski definition) is 0. The van der Waals surface area contributed by atoms with Crippen LogP contribution < -0.4 is 0 Å². The van der Waals surface area contributed by atoms with E-state index in [0.717, 1.165) is 29.9 Å². The number of carbonyl (C=O) groups is 2. The quantitative estimate of drug-likeness (QED) is 0.510. The number of halogens is 1. The van der Waals surface area contributed by atoms with Gasteiger partial charge in [0.15, 0.2) is 11.6 Å². The zero-order valence-corrected chi connectivity index (χ0v) is 18.1. The maximum atomic E-state index is 13.4. The van der Waals surface area contributed by atoms with Crippen LogP contribution in [0.15, 0.2) is 30.6 Å². The highest BCUT2D eigenvalue weighted by atomic mass is 32.2. The van der Waals surface area contributed by atoms with Crippen molar-refractivity contribution in [2.75, 3.05) is 18.1 Å². The van der Waals surface area contributed by atoms with E-state index in [-0.39, 0.29) is 41.1 Å². The van der Waals surface area contributed by atoms with Gasteiger partial charge in [-0.1, -0.05) is 12.1 Å². The number of ketones is 1. The van der Waals surface area contributed by atoms with E-state index in [1.807, 2.05) is 0 Å². The summed E-state index contributed by atoms with van der Waals surface area (Å²) in [5, 5.41) is 4.24. The molecule has 3 heterocycles. The molecule has 2 atom stereocenters. The molecule has 2 fully saturated rings. The van der Waals surface area contributed by atoms with Crippen LogP contribution in [-0.4, -0.2) is 54.4 Å². The Bertz CT molecular complexity index is 1060. The van der Waals surface area contributed by atoms with E-state index in [1.165, 1.54) is 12.1 Å². The number of nitrogens with zero attached hydrogens (tertiary/aromatic N) is 5. The van der Waals surface area contributed by atoms with Crippen molar-refractivity contribution >= 4 is 27.2 Å². The highest BCUT2D eigenvalue weighted by molar-refractivity contribution is 8.17. The summed E-state index contributed by atoms with van der Waals surface area (Å²) in [7, 11) is 1.45. The fraction of sp³-hybridized carbons (Fsp3) is 0.455. The van der Waals surface area contributed by atoms with Crippen molar-refractivity contribution in [3.8, 4) is 0 Å². The van der Waals surface area contributed by atoms with Gasteiger partial charge < -0.3 is 9.69 Å². The molecule has 0 spiro atoms. The summed E-state index contributed by atoms with van der Waals surface area (Å²) in [4.78, 5) is 36.5. The molecular formula is C22H24FN5O2S. The van der Waals surface area contributed by atoms with Crippen molar-refractivity contribution in [3.05, 3.63) is 59.2 Å². The topological polar surface area (TPSA) is 72.5 Å². The van der Waals surface area contributed by atoms with Gasteiger partial charge in [0, 0.05) is 19.5 Å². The first-order valence-electron chi connectivity index (χ1n) is 10.3. The predicted molar refractivity (Wildman–Crippen MR) is 117 cm³/mol. The number of aromatic nitrogens is 3. The van der Waals surface area contributed by atoms with E-state index in [4.69, 9.17) is 6.57 Å². The maximum absolute atomic E-state index is 13.4. The van der Waals surface area contributed by atoms with Crippen LogP contribution in [0.5, 0.6) is 0 Å². The Morgan fingerprint density at radius 3 is 2.61 bits per heavy atom. The molecule has 2 saturated heterocycles. The van der Waals surface area contributed by atoms with Crippen LogP contribution in [0.2, 0.25) is 0 Å². The molecule has 2 aromatic rings. The summed E-state index contributed by atoms with van der Waals surface area (Å²) < 4.78 is 14.9. The molecule has 4 rings (SSSR count). The minimum absolute atomic E-state index is 0.144. The first kappa shape index (κ1) is 21.4. The summed E-state index contributed by atoms with van der Waals surface area (Å²) in [6.45, 7) is 8.10. The Morgan fingerprint density at radius 2 is 2.00 bits per heavy atom.